The number of nitrogens with zero attached hydrogens (tertiary/aromatic N) is 1. The Balaban J connectivity index is 1.69. The molecule has 0 spiro atoms. The van der Waals surface area contributed by atoms with Crippen LogP contribution in [0.1, 0.15) is 16.1 Å². The van der Waals surface area contributed by atoms with Crippen LogP contribution in [0.4, 0.5) is 4.39 Å². The number of H-pyrrole nitrogens is 1. The number of amides is 1. The maximum Gasteiger partial charge on any atom is 0.295 e. The number of rotatable bonds is 4. The highest BCUT2D eigenvalue weighted by molar-refractivity contribution is 5.98. The van der Waals surface area contributed by atoms with Crippen LogP contribution in [0, 0.1) is 5.82 Å². The van der Waals surface area contributed by atoms with Crippen LogP contribution in [0.3, 0.4) is 0 Å². The topological polar surface area (TPSA) is 49.0 Å². The minimum absolute atomic E-state index is 0.189. The molecule has 0 bridgehead atoms. The van der Waals surface area contributed by atoms with Crippen LogP contribution in [0.25, 0.3) is 16.9 Å². The van der Waals surface area contributed by atoms with Crippen molar-refractivity contribution in [2.75, 3.05) is 0 Å². The minimum atomic E-state index is -0.296. The largest absolute Gasteiger partial charge is 0.345 e. The lowest BCUT2D eigenvalue weighted by atomic mass is 10.2. The minimum Gasteiger partial charge on any atom is -0.345 e. The van der Waals surface area contributed by atoms with E-state index in [0.717, 1.165) is 22.5 Å². The number of hydrogen-bond donors (Lipinski definition) is 2. The molecule has 2 N–H and O–H groups in total. The van der Waals surface area contributed by atoms with Crippen LogP contribution in [0.15, 0.2) is 79.0 Å². The van der Waals surface area contributed by atoms with Crippen molar-refractivity contribution in [2.24, 2.45) is 0 Å². The average Bonchev–Trinajstić information content (AvgIpc) is 3.07. The second kappa shape index (κ2) is 6.80. The number of pyridine rings is 1. The molecule has 4 rings (SSSR count). The highest BCUT2D eigenvalue weighted by Gasteiger charge is 2.24. The van der Waals surface area contributed by atoms with E-state index in [1.165, 1.54) is 12.1 Å². The fourth-order valence-electron chi connectivity index (χ4n) is 2.94. The normalized spacial score (nSPS) is 10.8. The monoisotopic (exact) mass is 346 g/mol. The zero-order valence-electron chi connectivity index (χ0n) is 13.9. The van der Waals surface area contributed by atoms with Gasteiger partial charge in [0.25, 0.3) is 11.7 Å². The predicted octanol–water partition coefficient (Wildman–Crippen LogP) is 3.49. The summed E-state index contributed by atoms with van der Waals surface area (Å²) in [6, 6.07) is 21.6. The molecule has 0 saturated carbocycles. The second-order valence-electron chi connectivity index (χ2n) is 5.98. The first-order chi connectivity index (χ1) is 12.7. The third kappa shape index (κ3) is 3.07. The Bertz CT molecular complexity index is 1060. The van der Waals surface area contributed by atoms with E-state index in [4.69, 9.17) is 0 Å². The molecule has 2 aromatic carbocycles. The van der Waals surface area contributed by atoms with Crippen LogP contribution in [-0.4, -0.2) is 10.9 Å². The maximum absolute atomic E-state index is 13.2. The Hall–Kier alpha value is -3.47. The van der Waals surface area contributed by atoms with Crippen molar-refractivity contribution in [3.05, 3.63) is 96.1 Å². The number of halogens is 1. The van der Waals surface area contributed by atoms with E-state index in [-0.39, 0.29) is 11.7 Å². The Morgan fingerprint density at radius 3 is 2.46 bits per heavy atom. The number of aromatic nitrogens is 2. The van der Waals surface area contributed by atoms with Gasteiger partial charge in [-0.2, -0.15) is 4.40 Å². The molecule has 0 aliphatic carbocycles. The molecule has 4 aromatic rings. The molecule has 128 valence electrons. The number of aromatic amines is 1. The molecule has 0 unspecified atom stereocenters. The van der Waals surface area contributed by atoms with E-state index in [1.54, 1.807) is 12.1 Å². The molecule has 1 amide bonds. The SMILES string of the molecule is O=C(NCc1ccccc1)c1[nH]c(-c2ccc(F)cc2)[n+]2ccccc12. The Labute approximate surface area is 149 Å². The summed E-state index contributed by atoms with van der Waals surface area (Å²) in [7, 11) is 0. The first-order valence-corrected chi connectivity index (χ1v) is 8.33. The molecule has 0 atom stereocenters. The van der Waals surface area contributed by atoms with Crippen LogP contribution in [0.5, 0.6) is 0 Å². The standard InChI is InChI=1S/C21H16FN3O/c22-17-11-9-16(10-12-17)20-24-19(18-8-4-5-13-25(18)20)21(26)23-14-15-6-2-1-3-7-15/h1-13H,14H2,(H,23,26)/p+1. The molecule has 0 aliphatic rings. The molecule has 0 saturated heterocycles. The van der Waals surface area contributed by atoms with Crippen molar-refractivity contribution in [3.8, 4) is 11.4 Å². The third-order valence-electron chi connectivity index (χ3n) is 4.24. The molecule has 0 fully saturated rings. The van der Waals surface area contributed by atoms with Gasteiger partial charge in [-0.05, 0) is 42.0 Å². The number of benzene rings is 2. The van der Waals surface area contributed by atoms with Gasteiger partial charge in [0, 0.05) is 6.54 Å². The number of carbonyl (C=O) groups is 1. The van der Waals surface area contributed by atoms with Gasteiger partial charge in [-0.15, -0.1) is 0 Å². The van der Waals surface area contributed by atoms with Gasteiger partial charge in [-0.3, -0.25) is 4.79 Å². The average molecular weight is 346 g/mol. The highest BCUT2D eigenvalue weighted by Crippen LogP contribution is 2.18. The van der Waals surface area contributed by atoms with Gasteiger partial charge in [0.1, 0.15) is 5.82 Å². The number of carbonyl (C=O) groups excluding carboxylic acids is 1. The van der Waals surface area contributed by atoms with Crippen molar-refractivity contribution in [1.82, 2.24) is 10.3 Å². The van der Waals surface area contributed by atoms with Crippen molar-refractivity contribution in [1.29, 1.82) is 0 Å². The van der Waals surface area contributed by atoms with Gasteiger partial charge in [-0.25, -0.2) is 9.37 Å². The Kier molecular flexibility index (Phi) is 4.19. The zero-order valence-corrected chi connectivity index (χ0v) is 13.9. The highest BCUT2D eigenvalue weighted by atomic mass is 19.1. The molecular weight excluding hydrogens is 329 g/mol. The summed E-state index contributed by atoms with van der Waals surface area (Å²) in [5.41, 5.74) is 3.07. The summed E-state index contributed by atoms with van der Waals surface area (Å²) in [5.74, 6) is 0.242. The summed E-state index contributed by atoms with van der Waals surface area (Å²) in [6.45, 7) is 0.448. The zero-order chi connectivity index (χ0) is 17.9. The lowest BCUT2D eigenvalue weighted by Gasteiger charge is -2.02. The third-order valence-corrected chi connectivity index (χ3v) is 4.24. The number of hydrogen-bond acceptors (Lipinski definition) is 1. The van der Waals surface area contributed by atoms with Crippen molar-refractivity contribution in [3.63, 3.8) is 0 Å². The number of nitrogens with one attached hydrogen (secondary N) is 2. The first-order valence-electron chi connectivity index (χ1n) is 8.33. The number of fused-ring (bicyclic) bond motifs is 1. The van der Waals surface area contributed by atoms with E-state index in [9.17, 15) is 9.18 Å². The smallest absolute Gasteiger partial charge is 0.295 e. The molecule has 26 heavy (non-hydrogen) atoms. The van der Waals surface area contributed by atoms with Gasteiger partial charge in [0.15, 0.2) is 5.52 Å². The van der Waals surface area contributed by atoms with Gasteiger partial charge in [0.05, 0.1) is 11.8 Å². The lowest BCUT2D eigenvalue weighted by Crippen LogP contribution is -2.25. The van der Waals surface area contributed by atoms with E-state index >= 15 is 0 Å². The van der Waals surface area contributed by atoms with Gasteiger partial charge >= 0.3 is 0 Å². The van der Waals surface area contributed by atoms with Crippen LogP contribution in [-0.2, 0) is 6.54 Å². The summed E-state index contributed by atoms with van der Waals surface area (Å²) in [6.07, 6.45) is 1.87. The summed E-state index contributed by atoms with van der Waals surface area (Å²) < 4.78 is 15.1. The van der Waals surface area contributed by atoms with E-state index in [2.05, 4.69) is 10.3 Å². The quantitative estimate of drug-likeness (QED) is 0.546. The molecule has 0 radical (unpaired) electrons. The molecule has 2 aromatic heterocycles. The summed E-state index contributed by atoms with van der Waals surface area (Å²) in [4.78, 5) is 15.9. The van der Waals surface area contributed by atoms with E-state index in [1.807, 2.05) is 59.1 Å². The van der Waals surface area contributed by atoms with E-state index < -0.39 is 0 Å². The van der Waals surface area contributed by atoms with Crippen molar-refractivity contribution < 1.29 is 13.6 Å². The predicted molar refractivity (Wildman–Crippen MR) is 97.0 cm³/mol. The van der Waals surface area contributed by atoms with Crippen molar-refractivity contribution in [2.45, 2.75) is 6.54 Å². The lowest BCUT2D eigenvalue weighted by molar-refractivity contribution is -0.498. The van der Waals surface area contributed by atoms with Crippen molar-refractivity contribution >= 4 is 11.4 Å². The molecule has 4 nitrogen and oxygen atoms in total. The molecule has 2 heterocycles. The fraction of sp³-hybridized carbons (Fsp3) is 0.0476. The Morgan fingerprint density at radius 2 is 1.69 bits per heavy atom. The molecular formula is C21H17FN3O+. The maximum atomic E-state index is 13.2. The summed E-state index contributed by atoms with van der Waals surface area (Å²) in [5, 5.41) is 2.94. The Morgan fingerprint density at radius 1 is 0.962 bits per heavy atom. The second-order valence-corrected chi connectivity index (χ2v) is 5.98. The molecule has 5 heteroatoms. The van der Waals surface area contributed by atoms with Crippen LogP contribution < -0.4 is 9.72 Å². The fourth-order valence-corrected chi connectivity index (χ4v) is 2.94. The molecule has 0 aliphatic heterocycles. The first kappa shape index (κ1) is 16.0. The van der Waals surface area contributed by atoms with Crippen LogP contribution in [0.2, 0.25) is 0 Å². The van der Waals surface area contributed by atoms with E-state index in [0.29, 0.717) is 12.2 Å². The van der Waals surface area contributed by atoms with Gasteiger partial charge in [-0.1, -0.05) is 36.4 Å². The van der Waals surface area contributed by atoms with Gasteiger partial charge < -0.3 is 5.32 Å². The van der Waals surface area contributed by atoms with Crippen LogP contribution >= 0.6 is 0 Å². The number of imidazole rings is 1. The summed E-state index contributed by atoms with van der Waals surface area (Å²) >= 11 is 0. The van der Waals surface area contributed by atoms with Gasteiger partial charge in [0.2, 0.25) is 5.69 Å².